The van der Waals surface area contributed by atoms with E-state index in [1.165, 1.54) is 0 Å². The molecule has 104 valence electrons. The van der Waals surface area contributed by atoms with Crippen LogP contribution in [0.2, 0.25) is 10.0 Å². The van der Waals surface area contributed by atoms with E-state index in [4.69, 9.17) is 33.9 Å². The third kappa shape index (κ3) is 3.34. The monoisotopic (exact) mass is 341 g/mol. The molecule has 1 aromatic carbocycles. The molecule has 0 unspecified atom stereocenters. The van der Waals surface area contributed by atoms with E-state index in [1.807, 2.05) is 0 Å². The van der Waals surface area contributed by atoms with E-state index in [1.54, 1.807) is 0 Å². The molecule has 19 heavy (non-hydrogen) atoms. The van der Waals surface area contributed by atoms with E-state index in [0.717, 1.165) is 31.4 Å². The molecular formula is C11H10Cl3NO3S. The number of hydrogen-bond acceptors (Lipinski definition) is 3. The molecule has 1 aliphatic rings. The molecule has 4 nitrogen and oxygen atoms in total. The first kappa shape index (κ1) is 14.9. The fraction of sp³-hybridized carbons (Fsp3) is 0.364. The average molecular weight is 343 g/mol. The van der Waals surface area contributed by atoms with Gasteiger partial charge in [0.15, 0.2) is 0 Å². The molecule has 0 atom stereocenters. The summed E-state index contributed by atoms with van der Waals surface area (Å²) in [6.45, 7) is 0. The third-order valence-corrected chi connectivity index (χ3v) is 5.10. The zero-order chi connectivity index (χ0) is 14.2. The molecule has 0 spiro atoms. The first-order valence-corrected chi connectivity index (χ1v) is 8.60. The Morgan fingerprint density at radius 3 is 2.37 bits per heavy atom. The SMILES string of the molecule is O=C(NC1CCC1)c1cc(S(=O)(=O)Cl)cc(Cl)c1Cl. The van der Waals surface area contributed by atoms with Gasteiger partial charge in [-0.15, -0.1) is 0 Å². The molecule has 1 saturated carbocycles. The summed E-state index contributed by atoms with van der Waals surface area (Å²) in [6, 6.07) is 2.36. The molecule has 0 aromatic heterocycles. The molecule has 1 aliphatic carbocycles. The molecule has 0 heterocycles. The molecule has 0 aliphatic heterocycles. The number of rotatable bonds is 3. The number of hydrogen-bond donors (Lipinski definition) is 1. The fourth-order valence-electron chi connectivity index (χ4n) is 1.69. The normalized spacial score (nSPS) is 15.9. The quantitative estimate of drug-likeness (QED) is 0.858. The molecule has 1 N–H and O–H groups in total. The number of halogens is 3. The van der Waals surface area contributed by atoms with Crippen LogP contribution < -0.4 is 5.32 Å². The van der Waals surface area contributed by atoms with E-state index < -0.39 is 15.0 Å². The van der Waals surface area contributed by atoms with Gasteiger partial charge in [-0.05, 0) is 31.4 Å². The molecule has 0 radical (unpaired) electrons. The fourth-order valence-corrected chi connectivity index (χ4v) is 2.95. The van der Waals surface area contributed by atoms with Crippen LogP contribution in [-0.2, 0) is 9.05 Å². The summed E-state index contributed by atoms with van der Waals surface area (Å²) in [7, 11) is 1.27. The van der Waals surface area contributed by atoms with Crippen molar-refractivity contribution in [2.24, 2.45) is 0 Å². The summed E-state index contributed by atoms with van der Waals surface area (Å²) in [5, 5.41) is 2.75. The smallest absolute Gasteiger partial charge is 0.261 e. The molecule has 8 heteroatoms. The summed E-state index contributed by atoms with van der Waals surface area (Å²) in [4.78, 5) is 11.8. The molecule has 1 aromatic rings. The van der Waals surface area contributed by atoms with Crippen LogP contribution in [-0.4, -0.2) is 20.4 Å². The zero-order valence-corrected chi connectivity index (χ0v) is 12.7. The van der Waals surface area contributed by atoms with E-state index in [9.17, 15) is 13.2 Å². The van der Waals surface area contributed by atoms with Crippen molar-refractivity contribution in [2.75, 3.05) is 0 Å². The van der Waals surface area contributed by atoms with Crippen molar-refractivity contribution in [3.63, 3.8) is 0 Å². The van der Waals surface area contributed by atoms with Crippen LogP contribution in [0.1, 0.15) is 29.6 Å². The second kappa shape index (κ2) is 5.48. The number of amides is 1. The number of benzene rings is 1. The Bertz CT molecular complexity index is 626. The van der Waals surface area contributed by atoms with Gasteiger partial charge in [-0.1, -0.05) is 23.2 Å². The zero-order valence-electron chi connectivity index (χ0n) is 9.62. The Kier molecular flexibility index (Phi) is 4.30. The highest BCUT2D eigenvalue weighted by atomic mass is 35.7. The van der Waals surface area contributed by atoms with Crippen LogP contribution in [0.15, 0.2) is 17.0 Å². The van der Waals surface area contributed by atoms with Gasteiger partial charge >= 0.3 is 0 Å². The molecule has 0 saturated heterocycles. The van der Waals surface area contributed by atoms with Gasteiger partial charge in [-0.3, -0.25) is 4.79 Å². The summed E-state index contributed by atoms with van der Waals surface area (Å²) in [5.74, 6) is -0.446. The first-order chi connectivity index (χ1) is 8.79. The van der Waals surface area contributed by atoms with Crippen LogP contribution in [0.5, 0.6) is 0 Å². The highest BCUT2D eigenvalue weighted by molar-refractivity contribution is 8.13. The lowest BCUT2D eigenvalue weighted by molar-refractivity contribution is 0.0917. The second-order valence-corrected chi connectivity index (χ2v) is 7.66. The van der Waals surface area contributed by atoms with E-state index in [2.05, 4.69) is 5.32 Å². The standard InChI is InChI=1S/C11H10Cl3NO3S/c12-9-5-7(19(14,17)18)4-8(10(9)13)11(16)15-6-2-1-3-6/h4-6H,1-3H2,(H,15,16). The second-order valence-electron chi connectivity index (χ2n) is 4.31. The van der Waals surface area contributed by atoms with Crippen LogP contribution in [0.3, 0.4) is 0 Å². The van der Waals surface area contributed by atoms with Crippen LogP contribution in [0, 0.1) is 0 Å². The molecular weight excluding hydrogens is 333 g/mol. The maximum atomic E-state index is 12.0. The minimum atomic E-state index is -3.97. The van der Waals surface area contributed by atoms with E-state index in [0.29, 0.717) is 0 Å². The summed E-state index contributed by atoms with van der Waals surface area (Å²) >= 11 is 11.7. The van der Waals surface area contributed by atoms with Crippen molar-refractivity contribution >= 4 is 48.8 Å². The van der Waals surface area contributed by atoms with Crippen molar-refractivity contribution in [1.29, 1.82) is 0 Å². The van der Waals surface area contributed by atoms with Crippen LogP contribution in [0.25, 0.3) is 0 Å². The molecule has 0 bridgehead atoms. The van der Waals surface area contributed by atoms with Crippen LogP contribution >= 0.6 is 33.9 Å². The van der Waals surface area contributed by atoms with Crippen molar-refractivity contribution in [1.82, 2.24) is 5.32 Å². The minimum Gasteiger partial charge on any atom is -0.349 e. The Hall–Kier alpha value is -0.490. The van der Waals surface area contributed by atoms with Gasteiger partial charge in [0.05, 0.1) is 20.5 Å². The summed E-state index contributed by atoms with van der Waals surface area (Å²) < 4.78 is 22.6. The lowest BCUT2D eigenvalue weighted by Crippen LogP contribution is -2.39. The lowest BCUT2D eigenvalue weighted by atomic mass is 9.93. The molecule has 1 fully saturated rings. The highest BCUT2D eigenvalue weighted by Crippen LogP contribution is 2.31. The largest absolute Gasteiger partial charge is 0.349 e. The average Bonchev–Trinajstić information content (AvgIpc) is 2.25. The van der Waals surface area contributed by atoms with Crippen LogP contribution in [0.4, 0.5) is 0 Å². The van der Waals surface area contributed by atoms with Gasteiger partial charge in [-0.25, -0.2) is 8.42 Å². The predicted octanol–water partition coefficient (Wildman–Crippen LogP) is 3.20. The maximum Gasteiger partial charge on any atom is 0.261 e. The topological polar surface area (TPSA) is 63.2 Å². The Balaban J connectivity index is 2.37. The molecule has 1 amide bonds. The number of carbonyl (C=O) groups is 1. The highest BCUT2D eigenvalue weighted by Gasteiger charge is 2.24. The van der Waals surface area contributed by atoms with Gasteiger partial charge in [0.1, 0.15) is 0 Å². The van der Waals surface area contributed by atoms with Gasteiger partial charge < -0.3 is 5.32 Å². The van der Waals surface area contributed by atoms with Gasteiger partial charge in [0.25, 0.3) is 15.0 Å². The molecule has 2 rings (SSSR count). The van der Waals surface area contributed by atoms with E-state index in [-0.39, 0.29) is 26.5 Å². The summed E-state index contributed by atoms with van der Waals surface area (Å²) in [5.41, 5.74) is 0.0142. The Morgan fingerprint density at radius 2 is 1.89 bits per heavy atom. The first-order valence-electron chi connectivity index (χ1n) is 5.53. The van der Waals surface area contributed by atoms with Crippen molar-refractivity contribution in [2.45, 2.75) is 30.2 Å². The third-order valence-electron chi connectivity index (χ3n) is 2.97. The predicted molar refractivity (Wildman–Crippen MR) is 74.6 cm³/mol. The van der Waals surface area contributed by atoms with Crippen molar-refractivity contribution < 1.29 is 13.2 Å². The van der Waals surface area contributed by atoms with Crippen molar-refractivity contribution in [3.8, 4) is 0 Å². The number of carbonyl (C=O) groups excluding carboxylic acids is 1. The Labute approximate surface area is 125 Å². The minimum absolute atomic E-state index is 0.0142. The maximum absolute atomic E-state index is 12.0. The van der Waals surface area contributed by atoms with Gasteiger partial charge in [-0.2, -0.15) is 0 Å². The van der Waals surface area contributed by atoms with Crippen molar-refractivity contribution in [3.05, 3.63) is 27.7 Å². The van der Waals surface area contributed by atoms with Gasteiger partial charge in [0, 0.05) is 16.7 Å². The summed E-state index contributed by atoms with van der Waals surface area (Å²) in [6.07, 6.45) is 2.88. The van der Waals surface area contributed by atoms with Gasteiger partial charge in [0.2, 0.25) is 0 Å². The Morgan fingerprint density at radius 1 is 1.26 bits per heavy atom. The lowest BCUT2D eigenvalue weighted by Gasteiger charge is -2.26. The van der Waals surface area contributed by atoms with E-state index >= 15 is 0 Å². The number of nitrogens with one attached hydrogen (secondary N) is 1.